The molecule has 0 aliphatic heterocycles. The molecule has 0 aromatic rings. The molecule has 0 bridgehead atoms. The summed E-state index contributed by atoms with van der Waals surface area (Å²) in [7, 11) is 0. The number of aliphatic hydroxyl groups is 1. The molecule has 0 saturated heterocycles. The topological polar surface area (TPSA) is 29.5 Å². The van der Waals surface area contributed by atoms with Crippen LogP contribution in [-0.4, -0.2) is 23.9 Å². The predicted octanol–water partition coefficient (Wildman–Crippen LogP) is 1.96. The molecule has 1 fully saturated rings. The minimum absolute atomic E-state index is 0.0201. The molecule has 0 spiro atoms. The Morgan fingerprint density at radius 2 is 2.17 bits per heavy atom. The van der Waals surface area contributed by atoms with Gasteiger partial charge in [0.1, 0.15) is 0 Å². The van der Waals surface area contributed by atoms with E-state index in [1.807, 2.05) is 0 Å². The van der Waals surface area contributed by atoms with Gasteiger partial charge >= 0.3 is 0 Å². The third-order valence-electron chi connectivity index (χ3n) is 2.94. The molecule has 72 valence electrons. The molecule has 1 N–H and O–H groups in total. The highest BCUT2D eigenvalue weighted by Gasteiger charge is 2.47. The van der Waals surface area contributed by atoms with Crippen molar-refractivity contribution in [3.8, 4) is 0 Å². The van der Waals surface area contributed by atoms with Crippen LogP contribution in [0.5, 0.6) is 0 Å². The van der Waals surface area contributed by atoms with Gasteiger partial charge in [0.05, 0.1) is 12.2 Å². The van der Waals surface area contributed by atoms with E-state index in [-0.39, 0.29) is 17.6 Å². The summed E-state index contributed by atoms with van der Waals surface area (Å²) in [5.41, 5.74) is -0.0201. The molecule has 0 amide bonds. The Morgan fingerprint density at radius 3 is 2.58 bits per heavy atom. The highest BCUT2D eigenvalue weighted by Crippen LogP contribution is 2.42. The third-order valence-corrected chi connectivity index (χ3v) is 2.94. The van der Waals surface area contributed by atoms with E-state index in [9.17, 15) is 5.11 Å². The van der Waals surface area contributed by atoms with Crippen LogP contribution < -0.4 is 0 Å². The third kappa shape index (κ3) is 1.80. The maximum absolute atomic E-state index is 9.42. The lowest BCUT2D eigenvalue weighted by Crippen LogP contribution is -2.54. The first-order chi connectivity index (χ1) is 5.59. The van der Waals surface area contributed by atoms with E-state index in [1.54, 1.807) is 0 Å². The fourth-order valence-electron chi connectivity index (χ4n) is 1.52. The molecule has 2 heteroatoms. The average molecular weight is 172 g/mol. The van der Waals surface area contributed by atoms with E-state index in [2.05, 4.69) is 20.8 Å². The number of aliphatic hydroxyl groups excluding tert-OH is 1. The van der Waals surface area contributed by atoms with Gasteiger partial charge in [-0.15, -0.1) is 0 Å². The Labute approximate surface area is 74.9 Å². The summed E-state index contributed by atoms with van der Waals surface area (Å²) in [5, 5.41) is 9.42. The zero-order valence-corrected chi connectivity index (χ0v) is 8.34. The van der Waals surface area contributed by atoms with Crippen molar-refractivity contribution in [2.75, 3.05) is 6.61 Å². The second-order valence-electron chi connectivity index (χ2n) is 4.29. The smallest absolute Gasteiger partial charge is 0.0675 e. The highest BCUT2D eigenvalue weighted by molar-refractivity contribution is 4.98. The molecule has 12 heavy (non-hydrogen) atoms. The van der Waals surface area contributed by atoms with Gasteiger partial charge in [0.2, 0.25) is 0 Å². The minimum Gasteiger partial charge on any atom is -0.392 e. The summed E-state index contributed by atoms with van der Waals surface area (Å²) in [5.74, 6) is 0. The number of hydrogen-bond acceptors (Lipinski definition) is 2. The van der Waals surface area contributed by atoms with Crippen LogP contribution >= 0.6 is 0 Å². The van der Waals surface area contributed by atoms with Crippen LogP contribution in [0.2, 0.25) is 0 Å². The van der Waals surface area contributed by atoms with Crippen molar-refractivity contribution < 1.29 is 9.84 Å². The fraction of sp³-hybridized carbons (Fsp3) is 1.00. The molecule has 2 unspecified atom stereocenters. The Balaban J connectivity index is 2.19. The summed E-state index contributed by atoms with van der Waals surface area (Å²) in [4.78, 5) is 0. The lowest BCUT2D eigenvalue weighted by atomic mass is 9.66. The average Bonchev–Trinajstić information content (AvgIpc) is 2.04. The normalized spacial score (nSPS) is 33.0. The molecule has 1 aliphatic carbocycles. The second-order valence-corrected chi connectivity index (χ2v) is 4.29. The first-order valence-corrected chi connectivity index (χ1v) is 4.88. The van der Waals surface area contributed by atoms with Gasteiger partial charge in [-0.25, -0.2) is 0 Å². The van der Waals surface area contributed by atoms with Gasteiger partial charge in [0, 0.05) is 18.4 Å². The zero-order chi connectivity index (χ0) is 9.19. The van der Waals surface area contributed by atoms with E-state index < -0.39 is 0 Å². The van der Waals surface area contributed by atoms with Gasteiger partial charge in [-0.1, -0.05) is 27.2 Å². The molecule has 0 aromatic heterocycles. The van der Waals surface area contributed by atoms with Gasteiger partial charge in [-0.2, -0.15) is 0 Å². The number of ether oxygens (including phenoxy) is 1. The van der Waals surface area contributed by atoms with Crippen LogP contribution in [0.4, 0.5) is 0 Å². The van der Waals surface area contributed by atoms with Gasteiger partial charge in [-0.05, 0) is 6.42 Å². The Morgan fingerprint density at radius 1 is 1.50 bits per heavy atom. The van der Waals surface area contributed by atoms with Gasteiger partial charge in [0.25, 0.3) is 0 Å². The van der Waals surface area contributed by atoms with Crippen molar-refractivity contribution in [1.82, 2.24) is 0 Å². The maximum Gasteiger partial charge on any atom is 0.0675 e. The summed E-state index contributed by atoms with van der Waals surface area (Å²) >= 11 is 0. The van der Waals surface area contributed by atoms with Crippen LogP contribution in [0.1, 0.15) is 40.0 Å². The maximum atomic E-state index is 9.42. The van der Waals surface area contributed by atoms with Crippen molar-refractivity contribution in [3.05, 3.63) is 0 Å². The Hall–Kier alpha value is -0.0800. The van der Waals surface area contributed by atoms with E-state index in [0.717, 1.165) is 19.4 Å². The summed E-state index contributed by atoms with van der Waals surface area (Å²) in [6.45, 7) is 7.14. The van der Waals surface area contributed by atoms with Gasteiger partial charge < -0.3 is 9.84 Å². The van der Waals surface area contributed by atoms with E-state index in [1.165, 1.54) is 6.42 Å². The van der Waals surface area contributed by atoms with Crippen LogP contribution in [0.3, 0.4) is 0 Å². The summed E-state index contributed by atoms with van der Waals surface area (Å²) < 4.78 is 5.64. The van der Waals surface area contributed by atoms with E-state index >= 15 is 0 Å². The van der Waals surface area contributed by atoms with E-state index in [4.69, 9.17) is 4.74 Å². The van der Waals surface area contributed by atoms with Crippen LogP contribution in [0, 0.1) is 5.41 Å². The monoisotopic (exact) mass is 172 g/mol. The molecule has 1 saturated carbocycles. The van der Waals surface area contributed by atoms with Crippen LogP contribution in [-0.2, 0) is 4.74 Å². The number of unbranched alkanes of at least 4 members (excludes halogenated alkanes) is 1. The summed E-state index contributed by atoms with van der Waals surface area (Å²) in [6, 6.07) is 0. The fourth-order valence-corrected chi connectivity index (χ4v) is 1.52. The van der Waals surface area contributed by atoms with Gasteiger partial charge in [0.15, 0.2) is 0 Å². The van der Waals surface area contributed by atoms with Crippen LogP contribution in [0.25, 0.3) is 0 Å². The lowest BCUT2D eigenvalue weighted by molar-refractivity contribution is -0.175. The molecule has 0 heterocycles. The molecule has 2 atom stereocenters. The van der Waals surface area contributed by atoms with E-state index in [0.29, 0.717) is 0 Å². The molecule has 1 rings (SSSR count). The molecule has 0 aromatic carbocycles. The highest BCUT2D eigenvalue weighted by atomic mass is 16.5. The summed E-state index contributed by atoms with van der Waals surface area (Å²) in [6.07, 6.45) is 3.23. The Bertz CT molecular complexity index is 143. The molecular weight excluding hydrogens is 152 g/mol. The standard InChI is InChI=1S/C10H20O2/c1-4-5-6-12-9-7-8(11)10(9,2)3/h8-9,11H,4-7H2,1-3H3. The van der Waals surface area contributed by atoms with Crippen molar-refractivity contribution in [2.45, 2.75) is 52.2 Å². The van der Waals surface area contributed by atoms with Crippen molar-refractivity contribution in [2.24, 2.45) is 5.41 Å². The molecule has 2 nitrogen and oxygen atoms in total. The first-order valence-electron chi connectivity index (χ1n) is 4.88. The SMILES string of the molecule is CCCCOC1CC(O)C1(C)C. The number of hydrogen-bond donors (Lipinski definition) is 1. The van der Waals surface area contributed by atoms with Gasteiger partial charge in [-0.3, -0.25) is 0 Å². The quantitative estimate of drug-likeness (QED) is 0.657. The molecule has 1 aliphatic rings. The van der Waals surface area contributed by atoms with Crippen LogP contribution in [0.15, 0.2) is 0 Å². The lowest BCUT2D eigenvalue weighted by Gasteiger charge is -2.48. The predicted molar refractivity (Wildman–Crippen MR) is 49.1 cm³/mol. The Kier molecular flexibility index (Phi) is 3.13. The van der Waals surface area contributed by atoms with Crippen molar-refractivity contribution in [3.63, 3.8) is 0 Å². The van der Waals surface area contributed by atoms with Crippen molar-refractivity contribution in [1.29, 1.82) is 0 Å². The largest absolute Gasteiger partial charge is 0.392 e. The minimum atomic E-state index is -0.163. The number of rotatable bonds is 4. The zero-order valence-electron chi connectivity index (χ0n) is 8.34. The first kappa shape index (κ1) is 10.0. The molecule has 0 radical (unpaired) electrons. The van der Waals surface area contributed by atoms with Crippen molar-refractivity contribution >= 4 is 0 Å². The second kappa shape index (κ2) is 3.75. The molecular formula is C10H20O2.